The largest absolute Gasteiger partial charge is 0.355 e. The normalized spacial score (nSPS) is 24.7. The third-order valence-electron chi connectivity index (χ3n) is 4.60. The predicted octanol–water partition coefficient (Wildman–Crippen LogP) is 3.52. The Bertz CT molecular complexity index is 713. The molecule has 2 atom stereocenters. The van der Waals surface area contributed by atoms with Crippen LogP contribution < -0.4 is 11.1 Å². The first-order chi connectivity index (χ1) is 11.0. The first-order valence-electron chi connectivity index (χ1n) is 8.07. The fraction of sp³-hybridized carbons (Fsp3) is 0.529. The van der Waals surface area contributed by atoms with Gasteiger partial charge in [-0.2, -0.15) is 0 Å². The minimum atomic E-state index is -0.380. The van der Waals surface area contributed by atoms with Gasteiger partial charge in [0.05, 0.1) is 21.1 Å². The Labute approximate surface area is 145 Å². The van der Waals surface area contributed by atoms with Crippen LogP contribution in [-0.2, 0) is 11.2 Å². The van der Waals surface area contributed by atoms with E-state index in [1.54, 1.807) is 11.3 Å². The molecular formula is C17H22ClN3OS. The van der Waals surface area contributed by atoms with Crippen LogP contribution in [0.15, 0.2) is 18.2 Å². The second-order valence-electron chi connectivity index (χ2n) is 6.56. The summed E-state index contributed by atoms with van der Waals surface area (Å²) in [6.07, 6.45) is 4.74. The average molecular weight is 352 g/mol. The maximum atomic E-state index is 12.4. The molecule has 2 aromatic rings. The van der Waals surface area contributed by atoms with E-state index in [0.717, 1.165) is 47.3 Å². The highest BCUT2D eigenvalue weighted by Gasteiger charge is 2.37. The fourth-order valence-electron chi connectivity index (χ4n) is 3.26. The van der Waals surface area contributed by atoms with Crippen molar-refractivity contribution >= 4 is 39.1 Å². The summed E-state index contributed by atoms with van der Waals surface area (Å²) in [6, 6.07) is 5.73. The molecule has 0 aliphatic heterocycles. The summed E-state index contributed by atoms with van der Waals surface area (Å²) >= 11 is 7.63. The molecule has 1 saturated carbocycles. The van der Waals surface area contributed by atoms with Crippen LogP contribution in [0.5, 0.6) is 0 Å². The molecule has 124 valence electrons. The quantitative estimate of drug-likeness (QED) is 0.885. The number of fused-ring (bicyclic) bond motifs is 1. The first kappa shape index (κ1) is 16.7. The molecule has 3 rings (SSSR count). The molecule has 3 N–H and O–H groups in total. The van der Waals surface area contributed by atoms with Crippen molar-refractivity contribution in [3.63, 3.8) is 0 Å². The molecular weight excluding hydrogens is 330 g/mol. The van der Waals surface area contributed by atoms with Gasteiger partial charge in [0.25, 0.3) is 0 Å². The van der Waals surface area contributed by atoms with Crippen molar-refractivity contribution < 1.29 is 4.79 Å². The number of benzene rings is 1. The topological polar surface area (TPSA) is 68.0 Å². The molecule has 0 saturated heterocycles. The number of halogens is 1. The Kier molecular flexibility index (Phi) is 4.90. The van der Waals surface area contributed by atoms with Crippen LogP contribution in [0.2, 0.25) is 5.02 Å². The van der Waals surface area contributed by atoms with Gasteiger partial charge >= 0.3 is 0 Å². The van der Waals surface area contributed by atoms with Crippen LogP contribution >= 0.6 is 22.9 Å². The van der Waals surface area contributed by atoms with E-state index in [9.17, 15) is 4.79 Å². The third kappa shape index (κ3) is 3.84. The summed E-state index contributed by atoms with van der Waals surface area (Å²) in [5.74, 6) is 0.00396. The van der Waals surface area contributed by atoms with Crippen LogP contribution in [0.25, 0.3) is 10.2 Å². The second kappa shape index (κ2) is 6.75. The van der Waals surface area contributed by atoms with Gasteiger partial charge in [0.2, 0.25) is 5.91 Å². The smallest absolute Gasteiger partial charge is 0.224 e. The van der Waals surface area contributed by atoms with Crippen molar-refractivity contribution in [2.75, 3.05) is 6.54 Å². The van der Waals surface area contributed by atoms with Crippen LogP contribution in [0, 0.1) is 5.92 Å². The van der Waals surface area contributed by atoms with Gasteiger partial charge in [-0.3, -0.25) is 4.79 Å². The van der Waals surface area contributed by atoms with Crippen molar-refractivity contribution in [2.24, 2.45) is 11.7 Å². The van der Waals surface area contributed by atoms with E-state index in [1.165, 1.54) is 0 Å². The highest BCUT2D eigenvalue weighted by atomic mass is 35.5. The third-order valence-corrected chi connectivity index (χ3v) is 5.93. The molecule has 4 nitrogen and oxygen atoms in total. The number of thiazole rings is 1. The number of carbonyl (C=O) groups is 1. The molecule has 6 heteroatoms. The molecule has 1 aromatic heterocycles. The summed E-state index contributed by atoms with van der Waals surface area (Å²) in [7, 11) is 0. The number of hydrogen-bond donors (Lipinski definition) is 2. The van der Waals surface area contributed by atoms with Crippen molar-refractivity contribution in [3.8, 4) is 0 Å². The van der Waals surface area contributed by atoms with Crippen molar-refractivity contribution in [1.82, 2.24) is 10.3 Å². The molecule has 1 amide bonds. The lowest BCUT2D eigenvalue weighted by Gasteiger charge is -2.37. The van der Waals surface area contributed by atoms with Crippen molar-refractivity contribution in [1.29, 1.82) is 0 Å². The lowest BCUT2D eigenvalue weighted by molar-refractivity contribution is -0.128. The van der Waals surface area contributed by atoms with Crippen LogP contribution in [-0.4, -0.2) is 23.0 Å². The van der Waals surface area contributed by atoms with Crippen LogP contribution in [0.4, 0.5) is 0 Å². The van der Waals surface area contributed by atoms with Gasteiger partial charge in [0, 0.05) is 23.5 Å². The average Bonchev–Trinajstić information content (AvgIpc) is 2.88. The van der Waals surface area contributed by atoms with Gasteiger partial charge in [0.1, 0.15) is 0 Å². The zero-order chi connectivity index (χ0) is 16.4. The van der Waals surface area contributed by atoms with Crippen molar-refractivity contribution in [3.05, 3.63) is 28.2 Å². The van der Waals surface area contributed by atoms with Crippen LogP contribution in [0.3, 0.4) is 0 Å². The second-order valence-corrected chi connectivity index (χ2v) is 8.12. The molecule has 1 aliphatic rings. The van der Waals surface area contributed by atoms with E-state index in [0.29, 0.717) is 11.6 Å². The van der Waals surface area contributed by atoms with Gasteiger partial charge in [-0.05, 0) is 38.0 Å². The fourth-order valence-corrected chi connectivity index (χ4v) is 4.37. The van der Waals surface area contributed by atoms with Gasteiger partial charge < -0.3 is 11.1 Å². The Morgan fingerprint density at radius 3 is 3.13 bits per heavy atom. The van der Waals surface area contributed by atoms with E-state index in [4.69, 9.17) is 17.3 Å². The molecule has 23 heavy (non-hydrogen) atoms. The summed E-state index contributed by atoms with van der Waals surface area (Å²) in [5, 5.41) is 4.75. The zero-order valence-electron chi connectivity index (χ0n) is 13.3. The summed E-state index contributed by atoms with van der Waals surface area (Å²) < 4.78 is 1.12. The molecule has 1 aromatic carbocycles. The van der Waals surface area contributed by atoms with E-state index >= 15 is 0 Å². The highest BCUT2D eigenvalue weighted by molar-refractivity contribution is 7.18. The number of nitrogens with two attached hydrogens (primary N) is 1. The minimum Gasteiger partial charge on any atom is -0.355 e. The molecule has 1 heterocycles. The summed E-state index contributed by atoms with van der Waals surface area (Å²) in [5.41, 5.74) is 6.83. The van der Waals surface area contributed by atoms with Crippen LogP contribution in [0.1, 0.15) is 37.6 Å². The number of carbonyl (C=O) groups excluding carboxylic acids is 1. The van der Waals surface area contributed by atoms with Gasteiger partial charge in [-0.1, -0.05) is 24.4 Å². The standard InChI is InChI=1S/C17H22ClN3OS/c1-17(19)8-3-2-4-12(17)16(22)20-9-7-15-21-13-10-11(18)5-6-14(13)23-15/h5-6,10,12H,2-4,7-9,19H2,1H3,(H,20,22). The molecule has 0 bridgehead atoms. The maximum absolute atomic E-state index is 12.4. The Hall–Kier alpha value is -1.17. The molecule has 0 spiro atoms. The lowest BCUT2D eigenvalue weighted by Crippen LogP contribution is -2.53. The minimum absolute atomic E-state index is 0.0783. The SMILES string of the molecule is CC1(N)CCCCC1C(=O)NCCc1nc2cc(Cl)ccc2s1. The Balaban J connectivity index is 1.56. The Morgan fingerprint density at radius 1 is 1.52 bits per heavy atom. The number of aromatic nitrogens is 1. The summed E-state index contributed by atoms with van der Waals surface area (Å²) in [4.78, 5) is 17.0. The molecule has 1 aliphatic carbocycles. The predicted molar refractivity (Wildman–Crippen MR) is 95.9 cm³/mol. The monoisotopic (exact) mass is 351 g/mol. The van der Waals surface area contributed by atoms with Gasteiger partial charge in [-0.15, -0.1) is 11.3 Å². The number of amides is 1. The lowest BCUT2D eigenvalue weighted by atomic mass is 9.74. The number of nitrogens with zero attached hydrogens (tertiary/aromatic N) is 1. The van der Waals surface area contributed by atoms with E-state index in [-0.39, 0.29) is 17.4 Å². The van der Waals surface area contributed by atoms with E-state index in [2.05, 4.69) is 10.3 Å². The summed E-state index contributed by atoms with van der Waals surface area (Å²) in [6.45, 7) is 2.59. The zero-order valence-corrected chi connectivity index (χ0v) is 14.8. The number of hydrogen-bond acceptors (Lipinski definition) is 4. The molecule has 2 unspecified atom stereocenters. The molecule has 0 radical (unpaired) electrons. The first-order valence-corrected chi connectivity index (χ1v) is 9.27. The van der Waals surface area contributed by atoms with E-state index < -0.39 is 0 Å². The number of nitrogens with one attached hydrogen (secondary N) is 1. The number of rotatable bonds is 4. The Morgan fingerprint density at radius 2 is 2.35 bits per heavy atom. The molecule has 1 fully saturated rings. The van der Waals surface area contributed by atoms with Crippen molar-refractivity contribution in [2.45, 2.75) is 44.6 Å². The highest BCUT2D eigenvalue weighted by Crippen LogP contribution is 2.31. The van der Waals surface area contributed by atoms with E-state index in [1.807, 2.05) is 25.1 Å². The maximum Gasteiger partial charge on any atom is 0.224 e. The van der Waals surface area contributed by atoms with Gasteiger partial charge in [-0.25, -0.2) is 4.98 Å². The van der Waals surface area contributed by atoms with Gasteiger partial charge in [0.15, 0.2) is 0 Å².